The van der Waals surface area contributed by atoms with Crippen LogP contribution in [0.2, 0.25) is 0 Å². The van der Waals surface area contributed by atoms with E-state index in [0.29, 0.717) is 6.04 Å². The fourth-order valence-electron chi connectivity index (χ4n) is 1.95. The van der Waals surface area contributed by atoms with Crippen molar-refractivity contribution in [1.29, 1.82) is 0 Å². The molecule has 0 radical (unpaired) electrons. The molecule has 1 N–H and O–H groups in total. The molecule has 1 heterocycles. The lowest BCUT2D eigenvalue weighted by atomic mass is 10.1. The highest BCUT2D eigenvalue weighted by Gasteiger charge is 2.07. The molecule has 0 aliphatic carbocycles. The summed E-state index contributed by atoms with van der Waals surface area (Å²) in [4.78, 5) is 4.33. The SMILES string of the molecule is CCCCC(CCC)NCc1nccn1C. The highest BCUT2D eigenvalue weighted by Crippen LogP contribution is 2.07. The van der Waals surface area contributed by atoms with Crippen LogP contribution < -0.4 is 5.32 Å². The largest absolute Gasteiger partial charge is 0.337 e. The van der Waals surface area contributed by atoms with E-state index in [4.69, 9.17) is 0 Å². The molecule has 0 fully saturated rings. The Morgan fingerprint density at radius 1 is 1.31 bits per heavy atom. The number of aryl methyl sites for hydroxylation is 1. The van der Waals surface area contributed by atoms with Gasteiger partial charge in [-0.2, -0.15) is 0 Å². The van der Waals surface area contributed by atoms with E-state index >= 15 is 0 Å². The summed E-state index contributed by atoms with van der Waals surface area (Å²) in [6.45, 7) is 5.39. The van der Waals surface area contributed by atoms with E-state index in [1.54, 1.807) is 0 Å². The van der Waals surface area contributed by atoms with Crippen LogP contribution in [0.15, 0.2) is 12.4 Å². The summed E-state index contributed by atoms with van der Waals surface area (Å²) >= 11 is 0. The third kappa shape index (κ3) is 4.35. The molecule has 1 unspecified atom stereocenters. The van der Waals surface area contributed by atoms with Gasteiger partial charge in [0.2, 0.25) is 0 Å². The second kappa shape index (κ2) is 7.44. The van der Waals surface area contributed by atoms with Crippen molar-refractivity contribution in [3.8, 4) is 0 Å². The Labute approximate surface area is 99.3 Å². The molecule has 0 saturated carbocycles. The van der Waals surface area contributed by atoms with Crippen molar-refractivity contribution in [2.24, 2.45) is 7.05 Å². The molecule has 3 heteroatoms. The second-order valence-corrected chi connectivity index (χ2v) is 4.46. The molecule has 16 heavy (non-hydrogen) atoms. The van der Waals surface area contributed by atoms with Crippen molar-refractivity contribution in [3.63, 3.8) is 0 Å². The average Bonchev–Trinajstić information content (AvgIpc) is 2.68. The normalized spacial score (nSPS) is 12.9. The predicted octanol–water partition coefficient (Wildman–Crippen LogP) is 2.87. The molecule has 1 rings (SSSR count). The monoisotopic (exact) mass is 223 g/mol. The summed E-state index contributed by atoms with van der Waals surface area (Å²) in [6, 6.07) is 0.654. The number of rotatable bonds is 8. The summed E-state index contributed by atoms with van der Waals surface area (Å²) in [5, 5.41) is 3.62. The molecule has 0 amide bonds. The van der Waals surface area contributed by atoms with Gasteiger partial charge in [-0.3, -0.25) is 0 Å². The van der Waals surface area contributed by atoms with Gasteiger partial charge in [0.1, 0.15) is 5.82 Å². The molecule has 1 aromatic heterocycles. The Morgan fingerprint density at radius 2 is 2.12 bits per heavy atom. The van der Waals surface area contributed by atoms with Gasteiger partial charge in [-0.05, 0) is 12.8 Å². The molecule has 3 nitrogen and oxygen atoms in total. The van der Waals surface area contributed by atoms with Crippen LogP contribution in [0.4, 0.5) is 0 Å². The average molecular weight is 223 g/mol. The minimum absolute atomic E-state index is 0.654. The lowest BCUT2D eigenvalue weighted by Crippen LogP contribution is -2.29. The van der Waals surface area contributed by atoms with Gasteiger partial charge in [0, 0.05) is 25.5 Å². The molecule has 0 bridgehead atoms. The highest BCUT2D eigenvalue weighted by molar-refractivity contribution is 4.90. The summed E-state index contributed by atoms with van der Waals surface area (Å²) in [5.74, 6) is 1.12. The van der Waals surface area contributed by atoms with E-state index in [0.717, 1.165) is 12.4 Å². The smallest absolute Gasteiger partial charge is 0.122 e. The van der Waals surface area contributed by atoms with E-state index in [1.807, 2.05) is 19.4 Å². The van der Waals surface area contributed by atoms with Crippen LogP contribution in [0.3, 0.4) is 0 Å². The Balaban J connectivity index is 2.34. The number of aromatic nitrogens is 2. The standard InChI is InChI=1S/C13H25N3/c1-4-6-8-12(7-5-2)15-11-13-14-9-10-16(13)3/h9-10,12,15H,4-8,11H2,1-3H3. The van der Waals surface area contributed by atoms with E-state index in [-0.39, 0.29) is 0 Å². The molecule has 0 aliphatic rings. The zero-order chi connectivity index (χ0) is 11.8. The van der Waals surface area contributed by atoms with Crippen LogP contribution in [0, 0.1) is 0 Å². The maximum atomic E-state index is 4.33. The molecule has 0 saturated heterocycles. The Bertz CT molecular complexity index is 280. The topological polar surface area (TPSA) is 29.9 Å². The van der Waals surface area contributed by atoms with Crippen molar-refractivity contribution >= 4 is 0 Å². The molecule has 1 aromatic rings. The quantitative estimate of drug-likeness (QED) is 0.734. The number of unbranched alkanes of at least 4 members (excludes halogenated alkanes) is 1. The van der Waals surface area contributed by atoms with Crippen LogP contribution >= 0.6 is 0 Å². The minimum atomic E-state index is 0.654. The Morgan fingerprint density at radius 3 is 2.69 bits per heavy atom. The maximum absolute atomic E-state index is 4.33. The first-order valence-corrected chi connectivity index (χ1v) is 6.47. The van der Waals surface area contributed by atoms with Crippen molar-refractivity contribution < 1.29 is 0 Å². The third-order valence-electron chi connectivity index (χ3n) is 3.01. The molecular formula is C13H25N3. The van der Waals surface area contributed by atoms with Gasteiger partial charge in [0.15, 0.2) is 0 Å². The molecule has 92 valence electrons. The minimum Gasteiger partial charge on any atom is -0.337 e. The number of nitrogens with one attached hydrogen (secondary N) is 1. The van der Waals surface area contributed by atoms with E-state index < -0.39 is 0 Å². The number of hydrogen-bond acceptors (Lipinski definition) is 2. The molecule has 0 aliphatic heterocycles. The zero-order valence-corrected chi connectivity index (χ0v) is 10.9. The van der Waals surface area contributed by atoms with Gasteiger partial charge >= 0.3 is 0 Å². The van der Waals surface area contributed by atoms with Crippen LogP contribution in [0.25, 0.3) is 0 Å². The fraction of sp³-hybridized carbons (Fsp3) is 0.769. The summed E-state index contributed by atoms with van der Waals surface area (Å²) in [7, 11) is 2.05. The summed E-state index contributed by atoms with van der Waals surface area (Å²) in [5.41, 5.74) is 0. The predicted molar refractivity (Wildman–Crippen MR) is 68.3 cm³/mol. The highest BCUT2D eigenvalue weighted by atomic mass is 15.1. The van der Waals surface area contributed by atoms with Crippen molar-refractivity contribution in [2.75, 3.05) is 0 Å². The van der Waals surface area contributed by atoms with Crippen LogP contribution in [0.1, 0.15) is 51.8 Å². The summed E-state index contributed by atoms with van der Waals surface area (Å²) < 4.78 is 2.08. The van der Waals surface area contributed by atoms with E-state index in [2.05, 4.69) is 28.7 Å². The zero-order valence-electron chi connectivity index (χ0n) is 10.9. The van der Waals surface area contributed by atoms with Gasteiger partial charge in [-0.1, -0.05) is 33.1 Å². The molecule has 1 atom stereocenters. The molecular weight excluding hydrogens is 198 g/mol. The first-order chi connectivity index (χ1) is 7.77. The van der Waals surface area contributed by atoms with Crippen molar-refractivity contribution in [2.45, 2.75) is 58.5 Å². The number of imidazole rings is 1. The molecule has 0 aromatic carbocycles. The van der Waals surface area contributed by atoms with Gasteiger partial charge in [0.25, 0.3) is 0 Å². The lowest BCUT2D eigenvalue weighted by Gasteiger charge is -2.17. The van der Waals surface area contributed by atoms with E-state index in [9.17, 15) is 0 Å². The Kier molecular flexibility index (Phi) is 6.16. The Hall–Kier alpha value is -0.830. The number of nitrogens with zero attached hydrogens (tertiary/aromatic N) is 2. The second-order valence-electron chi connectivity index (χ2n) is 4.46. The summed E-state index contributed by atoms with van der Waals surface area (Å²) in [6.07, 6.45) is 10.3. The van der Waals surface area contributed by atoms with Gasteiger partial charge in [-0.15, -0.1) is 0 Å². The number of hydrogen-bond donors (Lipinski definition) is 1. The molecule has 0 spiro atoms. The van der Waals surface area contributed by atoms with Crippen molar-refractivity contribution in [3.05, 3.63) is 18.2 Å². The first kappa shape index (κ1) is 13.2. The van der Waals surface area contributed by atoms with Crippen LogP contribution in [-0.2, 0) is 13.6 Å². The van der Waals surface area contributed by atoms with Gasteiger partial charge in [-0.25, -0.2) is 4.98 Å². The van der Waals surface area contributed by atoms with E-state index in [1.165, 1.54) is 32.1 Å². The van der Waals surface area contributed by atoms with Crippen LogP contribution in [0.5, 0.6) is 0 Å². The van der Waals surface area contributed by atoms with Crippen LogP contribution in [-0.4, -0.2) is 15.6 Å². The maximum Gasteiger partial charge on any atom is 0.122 e. The lowest BCUT2D eigenvalue weighted by molar-refractivity contribution is 0.426. The first-order valence-electron chi connectivity index (χ1n) is 6.47. The fourth-order valence-corrected chi connectivity index (χ4v) is 1.95. The van der Waals surface area contributed by atoms with Crippen molar-refractivity contribution in [1.82, 2.24) is 14.9 Å². The third-order valence-corrected chi connectivity index (χ3v) is 3.01. The van der Waals surface area contributed by atoms with Gasteiger partial charge < -0.3 is 9.88 Å². The van der Waals surface area contributed by atoms with Gasteiger partial charge in [0.05, 0.1) is 6.54 Å².